The van der Waals surface area contributed by atoms with Crippen molar-refractivity contribution in [3.63, 3.8) is 0 Å². The minimum atomic E-state index is 0.199. The van der Waals surface area contributed by atoms with E-state index in [1.165, 1.54) is 5.69 Å². The molecule has 0 spiro atoms. The number of hydrogen-bond donors (Lipinski definition) is 1. The van der Waals surface area contributed by atoms with Crippen LogP contribution in [-0.2, 0) is 0 Å². The Morgan fingerprint density at radius 1 is 1.47 bits per heavy atom. The van der Waals surface area contributed by atoms with Gasteiger partial charge in [-0.2, -0.15) is 0 Å². The molecule has 94 valence electrons. The van der Waals surface area contributed by atoms with Crippen molar-refractivity contribution in [3.05, 3.63) is 24.3 Å². The summed E-state index contributed by atoms with van der Waals surface area (Å²) in [6.07, 6.45) is 1.14. The Hall–Kier alpha value is -1.22. The molecule has 1 aliphatic rings. The lowest BCUT2D eigenvalue weighted by Gasteiger charge is -2.46. The summed E-state index contributed by atoms with van der Waals surface area (Å²) in [6.45, 7) is 7.71. The number of nitrogens with zero attached hydrogens (tertiary/aromatic N) is 1. The van der Waals surface area contributed by atoms with Crippen molar-refractivity contribution in [3.8, 4) is 5.75 Å². The fraction of sp³-hybridized carbons (Fsp3) is 0.571. The molecule has 3 nitrogen and oxygen atoms in total. The highest BCUT2D eigenvalue weighted by Gasteiger charge is 2.32. The lowest BCUT2D eigenvalue weighted by atomic mass is 9.93. The normalized spacial score (nSPS) is 24.8. The fourth-order valence-corrected chi connectivity index (χ4v) is 2.45. The van der Waals surface area contributed by atoms with Gasteiger partial charge in [0.25, 0.3) is 0 Å². The van der Waals surface area contributed by atoms with Gasteiger partial charge in [0.05, 0.1) is 7.11 Å². The average molecular weight is 234 g/mol. The Morgan fingerprint density at radius 3 is 3.00 bits per heavy atom. The van der Waals surface area contributed by atoms with Crippen LogP contribution in [0.4, 0.5) is 5.69 Å². The van der Waals surface area contributed by atoms with Crippen molar-refractivity contribution >= 4 is 5.69 Å². The van der Waals surface area contributed by atoms with Gasteiger partial charge >= 0.3 is 0 Å². The van der Waals surface area contributed by atoms with Crippen molar-refractivity contribution in [2.45, 2.75) is 25.8 Å². The molecule has 0 aromatic heterocycles. The number of piperazine rings is 1. The molecule has 0 aliphatic carbocycles. The summed E-state index contributed by atoms with van der Waals surface area (Å²) in [7, 11) is 1.72. The zero-order valence-corrected chi connectivity index (χ0v) is 11.0. The smallest absolute Gasteiger partial charge is 0.120 e. The molecule has 3 heteroatoms. The van der Waals surface area contributed by atoms with Crippen molar-refractivity contribution in [1.82, 2.24) is 5.32 Å². The molecular weight excluding hydrogens is 212 g/mol. The molecule has 1 heterocycles. The van der Waals surface area contributed by atoms with Gasteiger partial charge in [-0.3, -0.25) is 0 Å². The molecule has 0 radical (unpaired) electrons. The zero-order chi connectivity index (χ0) is 12.3. The maximum absolute atomic E-state index is 5.31. The predicted octanol–water partition coefficient (Wildman–Crippen LogP) is 2.27. The van der Waals surface area contributed by atoms with Gasteiger partial charge in [0.1, 0.15) is 5.75 Å². The van der Waals surface area contributed by atoms with Crippen molar-refractivity contribution in [2.24, 2.45) is 0 Å². The molecule has 0 bridgehead atoms. The van der Waals surface area contributed by atoms with E-state index in [1.54, 1.807) is 7.11 Å². The second-order valence-electron chi connectivity index (χ2n) is 4.88. The summed E-state index contributed by atoms with van der Waals surface area (Å²) in [6, 6.07) is 8.35. The first-order chi connectivity index (χ1) is 8.19. The van der Waals surface area contributed by atoms with E-state index in [0.717, 1.165) is 31.8 Å². The Balaban J connectivity index is 2.29. The van der Waals surface area contributed by atoms with Gasteiger partial charge in [-0.25, -0.2) is 0 Å². The first-order valence-corrected chi connectivity index (χ1v) is 6.32. The highest BCUT2D eigenvalue weighted by atomic mass is 16.5. The summed E-state index contributed by atoms with van der Waals surface area (Å²) in [5.74, 6) is 0.930. The first-order valence-electron chi connectivity index (χ1n) is 6.32. The number of benzene rings is 1. The molecule has 2 rings (SSSR count). The number of rotatable bonds is 3. The molecule has 1 atom stereocenters. The molecular formula is C14H22N2O. The van der Waals surface area contributed by atoms with Crippen LogP contribution in [0.1, 0.15) is 20.3 Å². The predicted molar refractivity (Wildman–Crippen MR) is 71.9 cm³/mol. The van der Waals surface area contributed by atoms with E-state index in [9.17, 15) is 0 Å². The minimum Gasteiger partial charge on any atom is -0.497 e. The number of hydrogen-bond acceptors (Lipinski definition) is 3. The van der Waals surface area contributed by atoms with Gasteiger partial charge in [-0.15, -0.1) is 0 Å². The van der Waals surface area contributed by atoms with Crippen LogP contribution in [0.25, 0.3) is 0 Å². The van der Waals surface area contributed by atoms with E-state index >= 15 is 0 Å². The number of methoxy groups -OCH3 is 1. The van der Waals surface area contributed by atoms with E-state index in [4.69, 9.17) is 4.74 Å². The highest BCUT2D eigenvalue weighted by molar-refractivity contribution is 5.53. The Kier molecular flexibility index (Phi) is 3.57. The molecule has 0 saturated carbocycles. The van der Waals surface area contributed by atoms with E-state index in [0.29, 0.717) is 0 Å². The maximum atomic E-state index is 5.31. The largest absolute Gasteiger partial charge is 0.497 e. The number of anilines is 1. The lowest BCUT2D eigenvalue weighted by molar-refractivity contribution is 0.341. The minimum absolute atomic E-state index is 0.199. The van der Waals surface area contributed by atoms with Crippen LogP contribution in [0, 0.1) is 0 Å². The van der Waals surface area contributed by atoms with Crippen LogP contribution >= 0.6 is 0 Å². The van der Waals surface area contributed by atoms with E-state index < -0.39 is 0 Å². The number of ether oxygens (including phenoxy) is 1. The maximum Gasteiger partial charge on any atom is 0.120 e. The Morgan fingerprint density at radius 2 is 2.29 bits per heavy atom. The van der Waals surface area contributed by atoms with Gasteiger partial charge in [0.15, 0.2) is 0 Å². The Bertz CT molecular complexity index is 380. The molecule has 0 amide bonds. The molecule has 1 unspecified atom stereocenters. The van der Waals surface area contributed by atoms with Crippen LogP contribution in [0.15, 0.2) is 24.3 Å². The quantitative estimate of drug-likeness (QED) is 0.868. The van der Waals surface area contributed by atoms with E-state index in [2.05, 4.69) is 42.3 Å². The molecule has 17 heavy (non-hydrogen) atoms. The SMILES string of the molecule is CCC1(C)CNCCN1c1cccc(OC)c1. The van der Waals surface area contributed by atoms with Gasteiger partial charge in [-0.1, -0.05) is 13.0 Å². The van der Waals surface area contributed by atoms with Gasteiger partial charge in [0.2, 0.25) is 0 Å². The van der Waals surface area contributed by atoms with Gasteiger partial charge in [-0.05, 0) is 25.5 Å². The summed E-state index contributed by atoms with van der Waals surface area (Å²) in [5.41, 5.74) is 1.46. The van der Waals surface area contributed by atoms with Crippen LogP contribution in [0.5, 0.6) is 5.75 Å². The summed E-state index contributed by atoms with van der Waals surface area (Å²) >= 11 is 0. The monoisotopic (exact) mass is 234 g/mol. The third kappa shape index (κ3) is 2.39. The van der Waals surface area contributed by atoms with Gasteiger partial charge in [0, 0.05) is 36.9 Å². The third-order valence-electron chi connectivity index (χ3n) is 3.80. The van der Waals surface area contributed by atoms with Crippen LogP contribution in [-0.4, -0.2) is 32.3 Å². The van der Waals surface area contributed by atoms with Gasteiger partial charge < -0.3 is 15.0 Å². The molecule has 1 fully saturated rings. The molecule has 1 aliphatic heterocycles. The van der Waals surface area contributed by atoms with Crippen molar-refractivity contribution < 1.29 is 4.74 Å². The van der Waals surface area contributed by atoms with E-state index in [-0.39, 0.29) is 5.54 Å². The lowest BCUT2D eigenvalue weighted by Crippen LogP contribution is -2.59. The molecule has 1 aromatic carbocycles. The fourth-order valence-electron chi connectivity index (χ4n) is 2.45. The van der Waals surface area contributed by atoms with Crippen molar-refractivity contribution in [1.29, 1.82) is 0 Å². The third-order valence-corrected chi connectivity index (χ3v) is 3.80. The second-order valence-corrected chi connectivity index (χ2v) is 4.88. The first kappa shape index (κ1) is 12.2. The zero-order valence-electron chi connectivity index (χ0n) is 11.0. The summed E-state index contributed by atoms with van der Waals surface area (Å²) in [5, 5.41) is 3.48. The van der Waals surface area contributed by atoms with Crippen LogP contribution in [0.2, 0.25) is 0 Å². The van der Waals surface area contributed by atoms with E-state index in [1.807, 2.05) is 6.07 Å². The Labute approximate surface area is 104 Å². The van der Waals surface area contributed by atoms with Crippen LogP contribution < -0.4 is 15.0 Å². The molecule has 1 aromatic rings. The molecule has 1 N–H and O–H groups in total. The topological polar surface area (TPSA) is 24.5 Å². The number of nitrogens with one attached hydrogen (secondary N) is 1. The second kappa shape index (κ2) is 4.96. The molecule has 1 saturated heterocycles. The summed E-state index contributed by atoms with van der Waals surface area (Å²) in [4.78, 5) is 2.49. The summed E-state index contributed by atoms with van der Waals surface area (Å²) < 4.78 is 5.31. The van der Waals surface area contributed by atoms with Crippen LogP contribution in [0.3, 0.4) is 0 Å². The average Bonchev–Trinajstić information content (AvgIpc) is 2.39. The standard InChI is InChI=1S/C14H22N2O/c1-4-14(2)11-15-8-9-16(14)12-6-5-7-13(10-12)17-3/h5-7,10,15H,4,8-9,11H2,1-3H3. The van der Waals surface area contributed by atoms with Crippen molar-refractivity contribution in [2.75, 3.05) is 31.6 Å². The highest BCUT2D eigenvalue weighted by Crippen LogP contribution is 2.30.